The Hall–Kier alpha value is -6.77. The van der Waals surface area contributed by atoms with Crippen molar-refractivity contribution in [3.63, 3.8) is 0 Å². The number of carbonyl (C=O) groups is 3. The van der Waals surface area contributed by atoms with Crippen LogP contribution in [0.3, 0.4) is 0 Å². The SMILES string of the molecule is COc1ccc(-c2csc(NC(=O)C(Sc3cccc(NC(=O)/C(=C\c4ccc([N+](=O)[O-])cc4)NC(=O)c4ccccc4)c3)c3ccccc3)n2)cc1OC. The molecule has 3 N–H and O–H groups in total. The summed E-state index contributed by atoms with van der Waals surface area (Å²) in [5, 5.41) is 21.2. The molecule has 3 amide bonds. The number of hydrogen-bond donors (Lipinski definition) is 3. The predicted octanol–water partition coefficient (Wildman–Crippen LogP) is 8.62. The zero-order valence-electron chi connectivity index (χ0n) is 29.4. The van der Waals surface area contributed by atoms with Crippen LogP contribution in [0.5, 0.6) is 11.5 Å². The van der Waals surface area contributed by atoms with Crippen molar-refractivity contribution in [3.05, 3.63) is 165 Å². The number of nitro benzene ring substituents is 1. The average Bonchev–Trinajstić information content (AvgIpc) is 3.68. The third-order valence-corrected chi connectivity index (χ3v) is 10.0. The van der Waals surface area contributed by atoms with Crippen LogP contribution in [0, 0.1) is 10.1 Å². The smallest absolute Gasteiger partial charge is 0.272 e. The summed E-state index contributed by atoms with van der Waals surface area (Å²) in [7, 11) is 3.13. The molecule has 0 saturated carbocycles. The molecule has 12 nitrogen and oxygen atoms in total. The molecule has 1 heterocycles. The van der Waals surface area contributed by atoms with E-state index in [9.17, 15) is 24.5 Å². The van der Waals surface area contributed by atoms with Gasteiger partial charge in [0.2, 0.25) is 5.91 Å². The van der Waals surface area contributed by atoms with Crippen LogP contribution >= 0.6 is 23.1 Å². The highest BCUT2D eigenvalue weighted by Crippen LogP contribution is 2.38. The highest BCUT2D eigenvalue weighted by molar-refractivity contribution is 8.00. The predicted molar refractivity (Wildman–Crippen MR) is 214 cm³/mol. The van der Waals surface area contributed by atoms with Crippen LogP contribution in [-0.2, 0) is 9.59 Å². The summed E-state index contributed by atoms with van der Waals surface area (Å²) in [6.07, 6.45) is 1.43. The quantitative estimate of drug-likeness (QED) is 0.0426. The van der Waals surface area contributed by atoms with E-state index in [1.54, 1.807) is 68.8 Å². The van der Waals surface area contributed by atoms with Gasteiger partial charge in [-0.2, -0.15) is 0 Å². The van der Waals surface area contributed by atoms with Gasteiger partial charge in [-0.05, 0) is 77.9 Å². The van der Waals surface area contributed by atoms with Gasteiger partial charge in [0.15, 0.2) is 16.6 Å². The highest BCUT2D eigenvalue weighted by atomic mass is 32.2. The maximum absolute atomic E-state index is 13.9. The van der Waals surface area contributed by atoms with Gasteiger partial charge < -0.3 is 25.4 Å². The fourth-order valence-electron chi connectivity index (χ4n) is 5.31. The van der Waals surface area contributed by atoms with Crippen molar-refractivity contribution in [3.8, 4) is 22.8 Å². The lowest BCUT2D eigenvalue weighted by Crippen LogP contribution is -2.30. The minimum Gasteiger partial charge on any atom is -0.493 e. The molecule has 276 valence electrons. The topological polar surface area (TPSA) is 162 Å². The van der Waals surface area contributed by atoms with E-state index in [4.69, 9.17) is 9.47 Å². The summed E-state index contributed by atoms with van der Waals surface area (Å²) < 4.78 is 10.8. The number of non-ortho nitro benzene ring substituents is 1. The molecule has 6 rings (SSSR count). The van der Waals surface area contributed by atoms with Crippen LogP contribution in [-0.4, -0.2) is 41.8 Å². The lowest BCUT2D eigenvalue weighted by molar-refractivity contribution is -0.384. The van der Waals surface area contributed by atoms with E-state index >= 15 is 0 Å². The maximum Gasteiger partial charge on any atom is 0.272 e. The number of ether oxygens (including phenoxy) is 2. The first-order valence-electron chi connectivity index (χ1n) is 16.6. The number of nitrogens with zero attached hydrogens (tertiary/aromatic N) is 2. The second kappa shape index (κ2) is 17.8. The number of nitro groups is 1. The van der Waals surface area contributed by atoms with Gasteiger partial charge in [-0.1, -0.05) is 54.6 Å². The van der Waals surface area contributed by atoms with Crippen molar-refractivity contribution >= 4 is 63.4 Å². The Bertz CT molecular complexity index is 2350. The van der Waals surface area contributed by atoms with Gasteiger partial charge >= 0.3 is 0 Å². The first-order valence-corrected chi connectivity index (χ1v) is 18.4. The van der Waals surface area contributed by atoms with Crippen molar-refractivity contribution in [1.82, 2.24) is 10.3 Å². The average molecular weight is 772 g/mol. The van der Waals surface area contributed by atoms with Crippen LogP contribution in [0.4, 0.5) is 16.5 Å². The van der Waals surface area contributed by atoms with E-state index in [0.717, 1.165) is 11.1 Å². The standard InChI is InChI=1S/C41H33N5O7S2/c1-52-35-21-18-29(23-36(35)53-2)34-25-54-41(44-34)45-40(49)37(27-10-5-3-6-11-27)55-32-15-9-14-30(24-32)42-39(48)33(43-38(47)28-12-7-4-8-13-28)22-26-16-19-31(20-17-26)46(50)51/h3-25,37H,1-2H3,(H,42,48)(H,43,47)(H,44,45,49)/b33-22+. The zero-order chi connectivity index (χ0) is 38.7. The molecular weight excluding hydrogens is 739 g/mol. The number of rotatable bonds is 14. The maximum atomic E-state index is 13.9. The second-order valence-corrected chi connectivity index (χ2v) is 13.8. The summed E-state index contributed by atoms with van der Waals surface area (Å²) in [5.41, 5.74) is 3.23. The number of methoxy groups -OCH3 is 2. The molecule has 0 saturated heterocycles. The van der Waals surface area contributed by atoms with Crippen molar-refractivity contribution in [2.75, 3.05) is 24.9 Å². The summed E-state index contributed by atoms with van der Waals surface area (Å²) in [6, 6.07) is 35.8. The number of aromatic nitrogens is 1. The van der Waals surface area contributed by atoms with E-state index < -0.39 is 22.0 Å². The van der Waals surface area contributed by atoms with E-state index in [1.807, 2.05) is 53.9 Å². The van der Waals surface area contributed by atoms with Gasteiger partial charge in [-0.3, -0.25) is 24.5 Å². The van der Waals surface area contributed by atoms with Gasteiger partial charge in [-0.25, -0.2) is 4.98 Å². The van der Waals surface area contributed by atoms with E-state index in [-0.39, 0.29) is 17.3 Å². The van der Waals surface area contributed by atoms with Crippen LogP contribution in [0.1, 0.15) is 26.7 Å². The van der Waals surface area contributed by atoms with Crippen LogP contribution in [0.15, 0.2) is 143 Å². The van der Waals surface area contributed by atoms with Crippen molar-refractivity contribution < 1.29 is 28.8 Å². The first-order chi connectivity index (χ1) is 26.7. The monoisotopic (exact) mass is 771 g/mol. The molecule has 0 bridgehead atoms. The molecule has 1 atom stereocenters. The Kier molecular flexibility index (Phi) is 12.3. The molecule has 55 heavy (non-hydrogen) atoms. The summed E-state index contributed by atoms with van der Waals surface area (Å²) >= 11 is 2.58. The number of thiazole rings is 1. The van der Waals surface area contributed by atoms with Gasteiger partial charge in [0, 0.05) is 39.2 Å². The fourth-order valence-corrected chi connectivity index (χ4v) is 7.12. The summed E-state index contributed by atoms with van der Waals surface area (Å²) in [5.74, 6) is -0.283. The molecule has 0 aliphatic heterocycles. The van der Waals surface area contributed by atoms with E-state index in [2.05, 4.69) is 20.9 Å². The number of anilines is 2. The Morgan fingerprint density at radius 3 is 2.22 bits per heavy atom. The summed E-state index contributed by atoms with van der Waals surface area (Å²) in [4.78, 5) is 56.7. The molecule has 1 unspecified atom stereocenters. The number of carbonyl (C=O) groups excluding carboxylic acids is 3. The molecule has 0 aliphatic carbocycles. The minimum atomic E-state index is -0.691. The van der Waals surface area contributed by atoms with E-state index in [0.29, 0.717) is 44.0 Å². The molecule has 1 aromatic heterocycles. The van der Waals surface area contributed by atoms with Gasteiger partial charge in [0.25, 0.3) is 17.5 Å². The van der Waals surface area contributed by atoms with E-state index in [1.165, 1.54) is 53.4 Å². The second-order valence-electron chi connectivity index (χ2n) is 11.7. The van der Waals surface area contributed by atoms with Crippen LogP contribution in [0.25, 0.3) is 17.3 Å². The molecule has 0 fully saturated rings. The van der Waals surface area contributed by atoms with Crippen molar-refractivity contribution in [1.29, 1.82) is 0 Å². The largest absolute Gasteiger partial charge is 0.493 e. The Balaban J connectivity index is 1.21. The minimum absolute atomic E-state index is 0.0850. The van der Waals surface area contributed by atoms with Crippen molar-refractivity contribution in [2.24, 2.45) is 0 Å². The lowest BCUT2D eigenvalue weighted by Gasteiger charge is -2.17. The third kappa shape index (κ3) is 9.81. The molecule has 0 spiro atoms. The molecule has 0 radical (unpaired) electrons. The molecule has 5 aromatic carbocycles. The Morgan fingerprint density at radius 2 is 1.53 bits per heavy atom. The number of thioether (sulfide) groups is 1. The third-order valence-electron chi connectivity index (χ3n) is 8.04. The fraction of sp³-hybridized carbons (Fsp3) is 0.0732. The highest BCUT2D eigenvalue weighted by Gasteiger charge is 2.24. The molecular formula is C41H33N5O7S2. The zero-order valence-corrected chi connectivity index (χ0v) is 31.1. The molecule has 14 heteroatoms. The van der Waals surface area contributed by atoms with Crippen LogP contribution in [0.2, 0.25) is 0 Å². The van der Waals surface area contributed by atoms with Crippen LogP contribution < -0.4 is 25.4 Å². The number of nitrogens with one attached hydrogen (secondary N) is 3. The summed E-state index contributed by atoms with van der Waals surface area (Å²) in [6.45, 7) is 0. The van der Waals surface area contributed by atoms with Gasteiger partial charge in [0.1, 0.15) is 10.9 Å². The number of hydrogen-bond acceptors (Lipinski definition) is 10. The normalized spacial score (nSPS) is 11.6. The van der Waals surface area contributed by atoms with Gasteiger partial charge in [-0.15, -0.1) is 23.1 Å². The number of amides is 3. The lowest BCUT2D eigenvalue weighted by atomic mass is 10.1. The Labute approximate surface area is 324 Å². The Morgan fingerprint density at radius 1 is 0.818 bits per heavy atom. The van der Waals surface area contributed by atoms with Gasteiger partial charge in [0.05, 0.1) is 24.8 Å². The first kappa shape index (κ1) is 38.0. The van der Waals surface area contributed by atoms with Crippen molar-refractivity contribution in [2.45, 2.75) is 10.1 Å². The molecule has 0 aliphatic rings. The number of benzene rings is 5. The molecule has 6 aromatic rings.